The molecule has 114 valence electrons. The van der Waals surface area contributed by atoms with Gasteiger partial charge in [0.15, 0.2) is 0 Å². The first-order valence-corrected chi connectivity index (χ1v) is 7.41. The van der Waals surface area contributed by atoms with Crippen molar-refractivity contribution in [2.24, 2.45) is 11.7 Å². The van der Waals surface area contributed by atoms with Crippen LogP contribution in [0.15, 0.2) is 30.3 Å². The molecular weight excluding hydrogens is 266 g/mol. The molecule has 1 aliphatic carbocycles. The lowest BCUT2D eigenvalue weighted by Gasteiger charge is -2.28. The first-order chi connectivity index (χ1) is 10.1. The van der Waals surface area contributed by atoms with E-state index in [1.54, 1.807) is 7.05 Å². The molecule has 2 amide bonds. The maximum Gasteiger partial charge on any atom is 0.243 e. The van der Waals surface area contributed by atoms with Crippen LogP contribution >= 0.6 is 0 Å². The molecule has 0 bridgehead atoms. The average molecular weight is 289 g/mol. The molecule has 1 aliphatic rings. The predicted octanol–water partition coefficient (Wildman–Crippen LogP) is 1.60. The highest BCUT2D eigenvalue weighted by Crippen LogP contribution is 2.24. The lowest BCUT2D eigenvalue weighted by Crippen LogP contribution is -2.40. The molecule has 1 saturated carbocycles. The normalized spacial score (nSPS) is 21.6. The third-order valence-corrected chi connectivity index (χ3v) is 3.94. The zero-order valence-corrected chi connectivity index (χ0v) is 12.4. The maximum atomic E-state index is 12.3. The molecule has 21 heavy (non-hydrogen) atoms. The summed E-state index contributed by atoms with van der Waals surface area (Å²) < 4.78 is 0. The van der Waals surface area contributed by atoms with E-state index in [2.05, 4.69) is 5.32 Å². The summed E-state index contributed by atoms with van der Waals surface area (Å²) in [6.07, 6.45) is 3.43. The van der Waals surface area contributed by atoms with Crippen molar-refractivity contribution >= 4 is 17.5 Å². The number of nitrogens with zero attached hydrogens (tertiary/aromatic N) is 1. The number of hydrogen-bond donors (Lipinski definition) is 2. The van der Waals surface area contributed by atoms with E-state index < -0.39 is 0 Å². The predicted molar refractivity (Wildman–Crippen MR) is 82.6 cm³/mol. The third-order valence-electron chi connectivity index (χ3n) is 3.94. The van der Waals surface area contributed by atoms with Crippen molar-refractivity contribution in [1.29, 1.82) is 0 Å². The topological polar surface area (TPSA) is 75.4 Å². The number of amides is 2. The Morgan fingerprint density at radius 2 is 1.81 bits per heavy atom. The van der Waals surface area contributed by atoms with Crippen molar-refractivity contribution < 1.29 is 9.59 Å². The summed E-state index contributed by atoms with van der Waals surface area (Å²) in [6.45, 7) is 0.0796. The second kappa shape index (κ2) is 7.22. The second-order valence-corrected chi connectivity index (χ2v) is 5.72. The number of hydrogen-bond acceptors (Lipinski definition) is 3. The maximum absolute atomic E-state index is 12.3. The number of carbonyl (C=O) groups excluding carboxylic acids is 2. The number of rotatable bonds is 4. The van der Waals surface area contributed by atoms with Gasteiger partial charge in [-0.3, -0.25) is 9.59 Å². The number of nitrogens with two attached hydrogens (primary N) is 1. The number of benzene rings is 1. The Balaban J connectivity index is 1.81. The zero-order valence-electron chi connectivity index (χ0n) is 12.4. The van der Waals surface area contributed by atoms with Crippen LogP contribution in [0.1, 0.15) is 25.7 Å². The summed E-state index contributed by atoms with van der Waals surface area (Å²) in [5.41, 5.74) is 6.59. The van der Waals surface area contributed by atoms with Crippen molar-refractivity contribution in [3.05, 3.63) is 30.3 Å². The Kier molecular flexibility index (Phi) is 5.33. The number of carbonyl (C=O) groups is 2. The van der Waals surface area contributed by atoms with Gasteiger partial charge in [0.1, 0.15) is 0 Å². The minimum atomic E-state index is -0.176. The van der Waals surface area contributed by atoms with E-state index in [0.717, 1.165) is 31.4 Å². The third kappa shape index (κ3) is 4.56. The first-order valence-electron chi connectivity index (χ1n) is 7.41. The molecule has 0 heterocycles. The monoisotopic (exact) mass is 289 g/mol. The highest BCUT2D eigenvalue weighted by Gasteiger charge is 2.27. The van der Waals surface area contributed by atoms with Crippen molar-refractivity contribution in [1.82, 2.24) is 4.90 Å². The Labute approximate surface area is 125 Å². The Bertz CT molecular complexity index is 482. The van der Waals surface area contributed by atoms with E-state index in [-0.39, 0.29) is 30.3 Å². The summed E-state index contributed by atoms with van der Waals surface area (Å²) in [5.74, 6) is -0.117. The van der Waals surface area contributed by atoms with E-state index >= 15 is 0 Å². The minimum Gasteiger partial charge on any atom is -0.336 e. The van der Waals surface area contributed by atoms with Crippen molar-refractivity contribution in [2.45, 2.75) is 31.7 Å². The van der Waals surface area contributed by atoms with Crippen molar-refractivity contribution in [2.75, 3.05) is 18.9 Å². The van der Waals surface area contributed by atoms with E-state index in [0.29, 0.717) is 0 Å². The van der Waals surface area contributed by atoms with Gasteiger partial charge in [-0.15, -0.1) is 0 Å². The summed E-state index contributed by atoms with van der Waals surface area (Å²) in [4.78, 5) is 25.7. The molecule has 0 saturated heterocycles. The van der Waals surface area contributed by atoms with Gasteiger partial charge < -0.3 is 16.0 Å². The lowest BCUT2D eigenvalue weighted by molar-refractivity contribution is -0.137. The summed E-state index contributed by atoms with van der Waals surface area (Å²) in [6, 6.07) is 9.47. The highest BCUT2D eigenvalue weighted by molar-refractivity contribution is 5.94. The highest BCUT2D eigenvalue weighted by atomic mass is 16.2. The fourth-order valence-electron chi connectivity index (χ4n) is 2.69. The molecule has 2 rings (SSSR count). The molecule has 0 aromatic heterocycles. The molecule has 1 fully saturated rings. The van der Waals surface area contributed by atoms with Crippen LogP contribution in [0.25, 0.3) is 0 Å². The van der Waals surface area contributed by atoms with Gasteiger partial charge in [0, 0.05) is 24.7 Å². The molecule has 5 heteroatoms. The molecule has 0 atom stereocenters. The number of para-hydroxylation sites is 1. The standard InChI is InChI=1S/C16H23N3O2/c1-19(16(21)12-7-9-13(17)10-8-12)11-15(20)18-14-5-3-2-4-6-14/h2-6,12-13H,7-11,17H2,1H3,(H,18,20). The molecule has 1 aromatic carbocycles. The number of anilines is 1. The van der Waals surface area contributed by atoms with Crippen LogP contribution in [-0.2, 0) is 9.59 Å². The SMILES string of the molecule is CN(CC(=O)Nc1ccccc1)C(=O)C1CCC(N)CC1. The van der Waals surface area contributed by atoms with E-state index in [1.807, 2.05) is 30.3 Å². The molecule has 3 N–H and O–H groups in total. The lowest BCUT2D eigenvalue weighted by atomic mass is 9.85. The van der Waals surface area contributed by atoms with Crippen LogP contribution in [0.5, 0.6) is 0 Å². The van der Waals surface area contributed by atoms with Gasteiger partial charge in [-0.25, -0.2) is 0 Å². The molecule has 1 aromatic rings. The van der Waals surface area contributed by atoms with E-state index in [4.69, 9.17) is 5.73 Å². The van der Waals surface area contributed by atoms with E-state index in [1.165, 1.54) is 4.90 Å². The fraction of sp³-hybridized carbons (Fsp3) is 0.500. The van der Waals surface area contributed by atoms with Crippen LogP contribution < -0.4 is 11.1 Å². The number of likely N-dealkylation sites (N-methyl/N-ethyl adjacent to an activating group) is 1. The average Bonchev–Trinajstić information content (AvgIpc) is 2.48. The molecule has 0 aliphatic heterocycles. The summed E-state index contributed by atoms with van der Waals surface area (Å²) in [5, 5.41) is 2.78. The quantitative estimate of drug-likeness (QED) is 0.884. The minimum absolute atomic E-state index is 0.0133. The van der Waals surface area contributed by atoms with Gasteiger partial charge in [0.2, 0.25) is 11.8 Å². The molecular formula is C16H23N3O2. The van der Waals surface area contributed by atoms with Crippen LogP contribution in [-0.4, -0.2) is 36.3 Å². The Morgan fingerprint density at radius 1 is 1.19 bits per heavy atom. The molecule has 0 radical (unpaired) electrons. The van der Waals surface area contributed by atoms with Crippen LogP contribution in [0.3, 0.4) is 0 Å². The van der Waals surface area contributed by atoms with Gasteiger partial charge in [-0.1, -0.05) is 18.2 Å². The fourth-order valence-corrected chi connectivity index (χ4v) is 2.69. The first kappa shape index (κ1) is 15.5. The van der Waals surface area contributed by atoms with Gasteiger partial charge in [0.05, 0.1) is 6.54 Å². The molecule has 0 spiro atoms. The largest absolute Gasteiger partial charge is 0.336 e. The second-order valence-electron chi connectivity index (χ2n) is 5.72. The smallest absolute Gasteiger partial charge is 0.243 e. The summed E-state index contributed by atoms with van der Waals surface area (Å²) >= 11 is 0. The summed E-state index contributed by atoms with van der Waals surface area (Å²) in [7, 11) is 1.68. The van der Waals surface area contributed by atoms with Crippen molar-refractivity contribution in [3.8, 4) is 0 Å². The Hall–Kier alpha value is -1.88. The van der Waals surface area contributed by atoms with Gasteiger partial charge in [-0.2, -0.15) is 0 Å². The number of nitrogens with one attached hydrogen (secondary N) is 1. The zero-order chi connectivity index (χ0) is 15.2. The van der Waals surface area contributed by atoms with Crippen molar-refractivity contribution in [3.63, 3.8) is 0 Å². The van der Waals surface area contributed by atoms with Crippen LogP contribution in [0, 0.1) is 5.92 Å². The van der Waals surface area contributed by atoms with E-state index in [9.17, 15) is 9.59 Å². The molecule has 0 unspecified atom stereocenters. The van der Waals surface area contributed by atoms with Crippen LogP contribution in [0.2, 0.25) is 0 Å². The van der Waals surface area contributed by atoms with Gasteiger partial charge >= 0.3 is 0 Å². The van der Waals surface area contributed by atoms with Gasteiger partial charge in [0.25, 0.3) is 0 Å². The Morgan fingerprint density at radius 3 is 2.43 bits per heavy atom. The van der Waals surface area contributed by atoms with Gasteiger partial charge in [-0.05, 0) is 37.8 Å². The molecule has 5 nitrogen and oxygen atoms in total. The van der Waals surface area contributed by atoms with Crippen LogP contribution in [0.4, 0.5) is 5.69 Å².